The molecule has 0 amide bonds. The van der Waals surface area contributed by atoms with E-state index in [2.05, 4.69) is 142 Å². The van der Waals surface area contributed by atoms with Gasteiger partial charge in [0, 0.05) is 19.3 Å². The lowest BCUT2D eigenvalue weighted by Gasteiger charge is -2.18. The highest BCUT2D eigenvalue weighted by Gasteiger charge is 2.19. The molecular formula is C77H130O6. The van der Waals surface area contributed by atoms with E-state index in [1.54, 1.807) is 0 Å². The van der Waals surface area contributed by atoms with Crippen molar-refractivity contribution >= 4 is 17.9 Å². The molecule has 0 N–H and O–H groups in total. The van der Waals surface area contributed by atoms with Gasteiger partial charge in [-0.15, -0.1) is 0 Å². The minimum Gasteiger partial charge on any atom is -0.462 e. The Bertz CT molecular complexity index is 1700. The van der Waals surface area contributed by atoms with Crippen LogP contribution >= 0.6 is 0 Å². The van der Waals surface area contributed by atoms with Crippen LogP contribution in [0.1, 0.15) is 329 Å². The van der Waals surface area contributed by atoms with Crippen LogP contribution in [0.15, 0.2) is 122 Å². The Balaban J connectivity index is 4.32. The smallest absolute Gasteiger partial charge is 0.306 e. The highest BCUT2D eigenvalue weighted by Crippen LogP contribution is 2.17. The number of allylic oxidation sites excluding steroid dienone is 20. The molecule has 0 aromatic rings. The van der Waals surface area contributed by atoms with Crippen LogP contribution in [0.25, 0.3) is 0 Å². The molecule has 1 atom stereocenters. The fourth-order valence-corrected chi connectivity index (χ4v) is 9.75. The molecule has 6 nitrogen and oxygen atoms in total. The SMILES string of the molecule is CC/C=C\C/C=C\C/C=C\C/C=C\CCCCCCCCCCCCCCCCCCC(=O)OCC(COC(=O)CCCCCCCCC/C=C\C/C=C\C/C=C\CC)OC(=O)CCCCCCCC/C=C\C/C=C\C/C=C\CCCCC. The molecule has 0 aliphatic heterocycles. The number of rotatable bonds is 63. The van der Waals surface area contributed by atoms with Gasteiger partial charge < -0.3 is 14.2 Å². The average Bonchev–Trinajstić information content (AvgIpc) is 3.49. The predicted molar refractivity (Wildman–Crippen MR) is 362 cm³/mol. The summed E-state index contributed by atoms with van der Waals surface area (Å²) in [6.45, 7) is 6.40. The molecule has 0 aliphatic rings. The molecule has 0 aromatic heterocycles. The third-order valence-electron chi connectivity index (χ3n) is 14.9. The summed E-state index contributed by atoms with van der Waals surface area (Å²) in [5, 5.41) is 0. The van der Waals surface area contributed by atoms with Gasteiger partial charge in [-0.1, -0.05) is 303 Å². The van der Waals surface area contributed by atoms with Crippen molar-refractivity contribution in [1.29, 1.82) is 0 Å². The molecule has 0 radical (unpaired) electrons. The van der Waals surface area contributed by atoms with Crippen molar-refractivity contribution in [3.8, 4) is 0 Å². The van der Waals surface area contributed by atoms with E-state index in [1.807, 2.05) is 0 Å². The van der Waals surface area contributed by atoms with Crippen LogP contribution in [-0.4, -0.2) is 37.2 Å². The molecule has 6 heteroatoms. The number of carbonyl (C=O) groups excluding carboxylic acids is 3. The highest BCUT2D eigenvalue weighted by atomic mass is 16.6. The minimum absolute atomic E-state index is 0.0866. The van der Waals surface area contributed by atoms with Crippen molar-refractivity contribution in [2.24, 2.45) is 0 Å². The molecule has 0 aromatic carbocycles. The van der Waals surface area contributed by atoms with E-state index < -0.39 is 6.10 Å². The molecule has 474 valence electrons. The summed E-state index contributed by atoms with van der Waals surface area (Å²) < 4.78 is 17.0. The fourth-order valence-electron chi connectivity index (χ4n) is 9.75. The zero-order chi connectivity index (χ0) is 59.9. The topological polar surface area (TPSA) is 78.9 Å². The zero-order valence-electron chi connectivity index (χ0n) is 54.4. The van der Waals surface area contributed by atoms with Crippen molar-refractivity contribution < 1.29 is 28.6 Å². The summed E-state index contributed by atoms with van der Waals surface area (Å²) in [4.78, 5) is 38.5. The van der Waals surface area contributed by atoms with Crippen molar-refractivity contribution in [3.63, 3.8) is 0 Å². The molecule has 0 saturated carbocycles. The van der Waals surface area contributed by atoms with E-state index in [0.29, 0.717) is 19.3 Å². The first kappa shape index (κ1) is 78.8. The maximum atomic E-state index is 13.0. The summed E-state index contributed by atoms with van der Waals surface area (Å²) in [5.41, 5.74) is 0. The van der Waals surface area contributed by atoms with Gasteiger partial charge in [-0.25, -0.2) is 0 Å². The van der Waals surface area contributed by atoms with Crippen LogP contribution in [0.3, 0.4) is 0 Å². The summed E-state index contributed by atoms with van der Waals surface area (Å²) in [7, 11) is 0. The van der Waals surface area contributed by atoms with E-state index >= 15 is 0 Å². The maximum absolute atomic E-state index is 13.0. The second-order valence-corrected chi connectivity index (χ2v) is 23.0. The van der Waals surface area contributed by atoms with Gasteiger partial charge in [-0.05, 0) is 128 Å². The van der Waals surface area contributed by atoms with Crippen LogP contribution in [0.4, 0.5) is 0 Å². The van der Waals surface area contributed by atoms with Crippen LogP contribution in [0, 0.1) is 0 Å². The first-order valence-corrected chi connectivity index (χ1v) is 35.0. The monoisotopic (exact) mass is 1150 g/mol. The van der Waals surface area contributed by atoms with Crippen molar-refractivity contribution in [2.75, 3.05) is 13.2 Å². The van der Waals surface area contributed by atoms with Gasteiger partial charge in [0.25, 0.3) is 0 Å². The molecule has 1 unspecified atom stereocenters. The molecule has 0 saturated heterocycles. The standard InChI is InChI=1S/C77H130O6/c1-4-7-10-13-16-19-22-25-28-31-33-34-35-36-37-38-39-40-41-42-44-46-49-52-55-58-61-64-67-70-76(79)82-73-74(72-81-75(78)69-66-63-60-57-54-51-48-45-30-27-24-21-18-15-12-9-6-3)83-77(80)71-68-65-62-59-56-53-50-47-43-32-29-26-23-20-17-14-11-8-5-2/h7,9-10,12,16-21,25-30,33-34,43,47,74H,4-6,8,11,13-15,22-24,31-32,35-42,44-46,48-73H2,1-3H3/b10-7-,12-9-,19-16-,20-17-,21-18-,28-25-,29-26-,30-27-,34-33-,47-43-. The summed E-state index contributed by atoms with van der Waals surface area (Å²) in [5.74, 6) is -0.898. The van der Waals surface area contributed by atoms with Gasteiger partial charge in [0.15, 0.2) is 6.10 Å². The molecule has 0 bridgehead atoms. The first-order valence-electron chi connectivity index (χ1n) is 35.0. The number of carbonyl (C=O) groups is 3. The molecular weight excluding hydrogens is 1020 g/mol. The fraction of sp³-hybridized carbons (Fsp3) is 0.701. The normalized spacial score (nSPS) is 12.9. The number of hydrogen-bond acceptors (Lipinski definition) is 6. The Labute approximate surface area is 513 Å². The largest absolute Gasteiger partial charge is 0.462 e. The lowest BCUT2D eigenvalue weighted by atomic mass is 10.0. The molecule has 83 heavy (non-hydrogen) atoms. The van der Waals surface area contributed by atoms with Crippen LogP contribution < -0.4 is 0 Å². The van der Waals surface area contributed by atoms with E-state index in [0.717, 1.165) is 135 Å². The minimum atomic E-state index is -0.793. The maximum Gasteiger partial charge on any atom is 0.306 e. The highest BCUT2D eigenvalue weighted by molar-refractivity contribution is 5.71. The summed E-state index contributed by atoms with van der Waals surface area (Å²) in [6.07, 6.45) is 97.9. The Morgan fingerprint density at radius 2 is 0.470 bits per heavy atom. The second kappa shape index (κ2) is 70.3. The summed E-state index contributed by atoms with van der Waals surface area (Å²) >= 11 is 0. The van der Waals surface area contributed by atoms with E-state index in [9.17, 15) is 14.4 Å². The van der Waals surface area contributed by atoms with Crippen LogP contribution in [0.2, 0.25) is 0 Å². The van der Waals surface area contributed by atoms with Gasteiger partial charge in [-0.3, -0.25) is 14.4 Å². The first-order chi connectivity index (χ1) is 41.0. The number of unbranched alkanes of at least 4 members (excludes halogenated alkanes) is 32. The lowest BCUT2D eigenvalue weighted by Crippen LogP contribution is -2.30. The second-order valence-electron chi connectivity index (χ2n) is 23.0. The quantitative estimate of drug-likeness (QED) is 0.0261. The Morgan fingerprint density at radius 1 is 0.253 bits per heavy atom. The Kier molecular flexibility index (Phi) is 66.7. The molecule has 0 aliphatic carbocycles. The van der Waals surface area contributed by atoms with E-state index in [4.69, 9.17) is 14.2 Å². The number of esters is 3. The third kappa shape index (κ3) is 68.5. The molecule has 0 fully saturated rings. The van der Waals surface area contributed by atoms with Crippen LogP contribution in [-0.2, 0) is 28.6 Å². The van der Waals surface area contributed by atoms with Crippen molar-refractivity contribution in [3.05, 3.63) is 122 Å². The van der Waals surface area contributed by atoms with Gasteiger partial charge in [0.05, 0.1) is 0 Å². The van der Waals surface area contributed by atoms with Crippen molar-refractivity contribution in [2.45, 2.75) is 335 Å². The summed E-state index contributed by atoms with van der Waals surface area (Å²) in [6, 6.07) is 0. The number of ether oxygens (including phenoxy) is 3. The Morgan fingerprint density at radius 3 is 0.735 bits per heavy atom. The van der Waals surface area contributed by atoms with Gasteiger partial charge in [0.2, 0.25) is 0 Å². The van der Waals surface area contributed by atoms with E-state index in [-0.39, 0.29) is 31.1 Å². The van der Waals surface area contributed by atoms with Gasteiger partial charge in [-0.2, -0.15) is 0 Å². The molecule has 0 rings (SSSR count). The third-order valence-corrected chi connectivity index (χ3v) is 14.9. The lowest BCUT2D eigenvalue weighted by molar-refractivity contribution is -0.167. The van der Waals surface area contributed by atoms with Crippen molar-refractivity contribution in [1.82, 2.24) is 0 Å². The number of hydrogen-bond donors (Lipinski definition) is 0. The van der Waals surface area contributed by atoms with Gasteiger partial charge >= 0.3 is 17.9 Å². The Hall–Kier alpha value is -4.19. The van der Waals surface area contributed by atoms with Gasteiger partial charge in [0.1, 0.15) is 13.2 Å². The predicted octanol–water partition coefficient (Wildman–Crippen LogP) is 24.3. The average molecular weight is 1150 g/mol. The zero-order valence-corrected chi connectivity index (χ0v) is 54.4. The molecule has 0 spiro atoms. The van der Waals surface area contributed by atoms with E-state index in [1.165, 1.54) is 154 Å². The van der Waals surface area contributed by atoms with Crippen LogP contribution in [0.5, 0.6) is 0 Å². The molecule has 0 heterocycles.